The van der Waals surface area contributed by atoms with E-state index in [2.05, 4.69) is 5.32 Å². The molecule has 6 heteroatoms. The van der Waals surface area contributed by atoms with E-state index in [1.807, 2.05) is 19.9 Å². The molecule has 0 aliphatic carbocycles. The summed E-state index contributed by atoms with van der Waals surface area (Å²) < 4.78 is 10.7. The van der Waals surface area contributed by atoms with Crippen LogP contribution in [0.3, 0.4) is 0 Å². The Hall–Kier alpha value is -1.91. The largest absolute Gasteiger partial charge is 0.493 e. The Morgan fingerprint density at radius 2 is 1.91 bits per heavy atom. The topological polar surface area (TPSA) is 47.6 Å². The zero-order valence-electron chi connectivity index (χ0n) is 13.1. The van der Waals surface area contributed by atoms with Crippen molar-refractivity contribution in [2.45, 2.75) is 13.8 Å². The fraction of sp³-hybridized carbons (Fsp3) is 0.235. The lowest BCUT2D eigenvalue weighted by Crippen LogP contribution is -2.13. The standard InChI is InChI=1S/C17H17Cl2NO3/c1-4-23-16-13(19)8-11(9-15(16)22-3)17(21)20-14-6-5-10(2)7-12(14)18/h5-9H,4H2,1-3H3,(H,20,21). The van der Waals surface area contributed by atoms with Gasteiger partial charge in [-0.05, 0) is 43.7 Å². The number of amides is 1. The molecule has 0 spiro atoms. The smallest absolute Gasteiger partial charge is 0.255 e. The molecule has 2 rings (SSSR count). The van der Waals surface area contributed by atoms with Crippen molar-refractivity contribution in [3.05, 3.63) is 51.5 Å². The summed E-state index contributed by atoms with van der Waals surface area (Å²) in [6, 6.07) is 8.51. The van der Waals surface area contributed by atoms with Crippen LogP contribution < -0.4 is 14.8 Å². The van der Waals surface area contributed by atoms with Crippen LogP contribution in [0.25, 0.3) is 0 Å². The van der Waals surface area contributed by atoms with Crippen molar-refractivity contribution in [1.29, 1.82) is 0 Å². The van der Waals surface area contributed by atoms with Crippen molar-refractivity contribution in [2.75, 3.05) is 19.0 Å². The molecule has 0 aliphatic rings. The average Bonchev–Trinajstić information content (AvgIpc) is 2.51. The van der Waals surface area contributed by atoms with Gasteiger partial charge in [0.2, 0.25) is 0 Å². The molecule has 0 atom stereocenters. The van der Waals surface area contributed by atoms with E-state index in [4.69, 9.17) is 32.7 Å². The second-order valence-electron chi connectivity index (χ2n) is 4.86. The van der Waals surface area contributed by atoms with Crippen LogP contribution in [0.5, 0.6) is 11.5 Å². The Balaban J connectivity index is 2.30. The number of methoxy groups -OCH3 is 1. The van der Waals surface area contributed by atoms with Gasteiger partial charge in [-0.25, -0.2) is 0 Å². The highest BCUT2D eigenvalue weighted by molar-refractivity contribution is 6.34. The maximum Gasteiger partial charge on any atom is 0.255 e. The predicted molar refractivity (Wildman–Crippen MR) is 93.3 cm³/mol. The van der Waals surface area contributed by atoms with Crippen LogP contribution in [-0.2, 0) is 0 Å². The number of hydrogen-bond acceptors (Lipinski definition) is 3. The van der Waals surface area contributed by atoms with Gasteiger partial charge < -0.3 is 14.8 Å². The van der Waals surface area contributed by atoms with Gasteiger partial charge in [-0.3, -0.25) is 4.79 Å². The summed E-state index contributed by atoms with van der Waals surface area (Å²) in [6.45, 7) is 4.21. The summed E-state index contributed by atoms with van der Waals surface area (Å²) in [6.07, 6.45) is 0. The molecule has 0 fully saturated rings. The zero-order chi connectivity index (χ0) is 17.0. The number of rotatable bonds is 5. The summed E-state index contributed by atoms with van der Waals surface area (Å²) in [7, 11) is 1.49. The number of ether oxygens (including phenoxy) is 2. The van der Waals surface area contributed by atoms with Gasteiger partial charge in [0.25, 0.3) is 5.91 Å². The van der Waals surface area contributed by atoms with E-state index in [0.29, 0.717) is 39.4 Å². The number of benzene rings is 2. The van der Waals surface area contributed by atoms with Gasteiger partial charge in [0.05, 0.1) is 29.4 Å². The quantitative estimate of drug-likeness (QED) is 0.825. The highest BCUT2D eigenvalue weighted by Crippen LogP contribution is 2.36. The van der Waals surface area contributed by atoms with Gasteiger partial charge in [0, 0.05) is 5.56 Å². The molecule has 0 unspecified atom stereocenters. The molecule has 0 saturated heterocycles. The molecule has 0 heterocycles. The van der Waals surface area contributed by atoms with E-state index in [9.17, 15) is 4.79 Å². The molecular weight excluding hydrogens is 337 g/mol. The summed E-state index contributed by atoms with van der Waals surface area (Å²) in [5.74, 6) is 0.486. The van der Waals surface area contributed by atoms with Gasteiger partial charge in [0.1, 0.15) is 0 Å². The van der Waals surface area contributed by atoms with Crippen LogP contribution in [-0.4, -0.2) is 19.6 Å². The summed E-state index contributed by atoms with van der Waals surface area (Å²) in [4.78, 5) is 12.4. The first kappa shape index (κ1) is 17.4. The monoisotopic (exact) mass is 353 g/mol. The van der Waals surface area contributed by atoms with Gasteiger partial charge in [-0.15, -0.1) is 0 Å². The van der Waals surface area contributed by atoms with E-state index >= 15 is 0 Å². The summed E-state index contributed by atoms with van der Waals surface area (Å²) in [5, 5.41) is 3.54. The molecule has 2 aromatic carbocycles. The average molecular weight is 354 g/mol. The minimum absolute atomic E-state index is 0.311. The fourth-order valence-electron chi connectivity index (χ4n) is 2.05. The lowest BCUT2D eigenvalue weighted by atomic mass is 10.1. The van der Waals surface area contributed by atoms with Crippen molar-refractivity contribution in [2.24, 2.45) is 0 Å². The van der Waals surface area contributed by atoms with Crippen LogP contribution in [0, 0.1) is 6.92 Å². The number of halogens is 2. The molecule has 0 radical (unpaired) electrons. The molecule has 122 valence electrons. The number of hydrogen-bond donors (Lipinski definition) is 1. The molecule has 23 heavy (non-hydrogen) atoms. The van der Waals surface area contributed by atoms with Crippen LogP contribution >= 0.6 is 23.2 Å². The highest BCUT2D eigenvalue weighted by atomic mass is 35.5. The third kappa shape index (κ3) is 4.09. The van der Waals surface area contributed by atoms with Crippen LogP contribution in [0.1, 0.15) is 22.8 Å². The van der Waals surface area contributed by atoms with Gasteiger partial charge in [-0.1, -0.05) is 29.3 Å². The molecule has 1 N–H and O–H groups in total. The fourth-order valence-corrected chi connectivity index (χ4v) is 2.60. The molecule has 2 aromatic rings. The number of carbonyl (C=O) groups excluding carboxylic acids is 1. The first-order chi connectivity index (χ1) is 11.0. The van der Waals surface area contributed by atoms with Gasteiger partial charge in [0.15, 0.2) is 11.5 Å². The van der Waals surface area contributed by atoms with Crippen molar-refractivity contribution < 1.29 is 14.3 Å². The lowest BCUT2D eigenvalue weighted by Gasteiger charge is -2.13. The zero-order valence-corrected chi connectivity index (χ0v) is 14.6. The minimum atomic E-state index is -0.334. The third-order valence-corrected chi connectivity index (χ3v) is 3.75. The van der Waals surface area contributed by atoms with E-state index in [1.165, 1.54) is 13.2 Å². The maximum atomic E-state index is 12.4. The molecule has 4 nitrogen and oxygen atoms in total. The van der Waals surface area contributed by atoms with Gasteiger partial charge >= 0.3 is 0 Å². The lowest BCUT2D eigenvalue weighted by molar-refractivity contribution is 0.102. The molecular formula is C17H17Cl2NO3. The normalized spacial score (nSPS) is 10.3. The van der Waals surface area contributed by atoms with Crippen LogP contribution in [0.15, 0.2) is 30.3 Å². The molecule has 0 saturated carbocycles. The van der Waals surface area contributed by atoms with E-state index in [-0.39, 0.29) is 5.91 Å². The Bertz CT molecular complexity index is 732. The van der Waals surface area contributed by atoms with Crippen molar-refractivity contribution >= 4 is 34.8 Å². The Morgan fingerprint density at radius 3 is 2.52 bits per heavy atom. The second kappa shape index (κ2) is 7.57. The maximum absolute atomic E-state index is 12.4. The molecule has 0 bridgehead atoms. The van der Waals surface area contributed by atoms with E-state index in [1.54, 1.807) is 18.2 Å². The van der Waals surface area contributed by atoms with Gasteiger partial charge in [-0.2, -0.15) is 0 Å². The van der Waals surface area contributed by atoms with Crippen LogP contribution in [0.2, 0.25) is 10.0 Å². The Labute approximate surface area is 145 Å². The summed E-state index contributed by atoms with van der Waals surface area (Å²) in [5.41, 5.74) is 1.90. The number of nitrogens with one attached hydrogen (secondary N) is 1. The van der Waals surface area contributed by atoms with E-state index in [0.717, 1.165) is 5.56 Å². The minimum Gasteiger partial charge on any atom is -0.493 e. The molecule has 1 amide bonds. The van der Waals surface area contributed by atoms with Crippen molar-refractivity contribution in [3.63, 3.8) is 0 Å². The highest BCUT2D eigenvalue weighted by Gasteiger charge is 2.16. The number of anilines is 1. The number of carbonyl (C=O) groups is 1. The third-order valence-electron chi connectivity index (χ3n) is 3.15. The van der Waals surface area contributed by atoms with Crippen molar-refractivity contribution in [1.82, 2.24) is 0 Å². The molecule has 0 aliphatic heterocycles. The Kier molecular flexibility index (Phi) is 5.74. The van der Waals surface area contributed by atoms with Crippen molar-refractivity contribution in [3.8, 4) is 11.5 Å². The molecule has 0 aromatic heterocycles. The summed E-state index contributed by atoms with van der Waals surface area (Å²) >= 11 is 12.3. The van der Waals surface area contributed by atoms with Crippen LogP contribution in [0.4, 0.5) is 5.69 Å². The Morgan fingerprint density at radius 1 is 1.17 bits per heavy atom. The second-order valence-corrected chi connectivity index (χ2v) is 5.67. The first-order valence-electron chi connectivity index (χ1n) is 7.04. The SMILES string of the molecule is CCOc1c(Cl)cc(C(=O)Nc2ccc(C)cc2Cl)cc1OC. The van der Waals surface area contributed by atoms with E-state index < -0.39 is 0 Å². The predicted octanol–water partition coefficient (Wildman–Crippen LogP) is 4.96. The first-order valence-corrected chi connectivity index (χ1v) is 7.79. The number of aryl methyl sites for hydroxylation is 1.